The zero-order chi connectivity index (χ0) is 20.9. The number of hydrogen-bond donors (Lipinski definition) is 2. The highest BCUT2D eigenvalue weighted by molar-refractivity contribution is 6.42. The number of carbonyl (C=O) groups excluding carboxylic acids is 1. The predicted molar refractivity (Wildman–Crippen MR) is 120 cm³/mol. The molecule has 0 aliphatic carbocycles. The Morgan fingerprint density at radius 3 is 2.23 bits per heavy atom. The van der Waals surface area contributed by atoms with Crippen LogP contribution in [0.1, 0.15) is 0 Å². The Morgan fingerprint density at radius 2 is 1.57 bits per heavy atom. The molecule has 2 heterocycles. The van der Waals surface area contributed by atoms with Crippen molar-refractivity contribution in [2.24, 2.45) is 0 Å². The maximum atomic E-state index is 12.2. The van der Waals surface area contributed by atoms with Gasteiger partial charge in [-0.1, -0.05) is 35.3 Å². The molecule has 0 bridgehead atoms. The number of hydrogen-bond acceptors (Lipinski definition) is 5. The molecule has 7 nitrogen and oxygen atoms in total. The van der Waals surface area contributed by atoms with E-state index in [9.17, 15) is 4.79 Å². The molecule has 2 aromatic carbocycles. The third kappa shape index (κ3) is 4.99. The van der Waals surface area contributed by atoms with Crippen LogP contribution in [-0.4, -0.2) is 42.5 Å². The van der Waals surface area contributed by atoms with Crippen molar-refractivity contribution in [2.75, 3.05) is 41.8 Å². The van der Waals surface area contributed by atoms with E-state index >= 15 is 0 Å². The van der Waals surface area contributed by atoms with E-state index in [4.69, 9.17) is 27.9 Å². The van der Waals surface area contributed by atoms with Crippen LogP contribution in [0.5, 0.6) is 0 Å². The first-order valence-electron chi connectivity index (χ1n) is 9.38. The van der Waals surface area contributed by atoms with Gasteiger partial charge in [0.2, 0.25) is 0 Å². The number of benzene rings is 2. The largest absolute Gasteiger partial charge is 0.378 e. The van der Waals surface area contributed by atoms with E-state index in [-0.39, 0.29) is 6.03 Å². The minimum absolute atomic E-state index is 0.375. The zero-order valence-electron chi connectivity index (χ0n) is 15.9. The summed E-state index contributed by atoms with van der Waals surface area (Å²) >= 11 is 11.8. The second kappa shape index (κ2) is 9.30. The number of halogens is 2. The highest BCUT2D eigenvalue weighted by Crippen LogP contribution is 2.25. The average molecular weight is 444 g/mol. The lowest BCUT2D eigenvalue weighted by molar-refractivity contribution is 0.122. The highest BCUT2D eigenvalue weighted by atomic mass is 35.5. The van der Waals surface area contributed by atoms with Gasteiger partial charge in [0.15, 0.2) is 5.82 Å². The molecule has 30 heavy (non-hydrogen) atoms. The van der Waals surface area contributed by atoms with E-state index in [2.05, 4.69) is 25.7 Å². The normalized spacial score (nSPS) is 13.7. The Hall–Kier alpha value is -2.87. The van der Waals surface area contributed by atoms with Crippen LogP contribution in [0.15, 0.2) is 54.6 Å². The van der Waals surface area contributed by atoms with Crippen LogP contribution in [-0.2, 0) is 4.74 Å². The van der Waals surface area contributed by atoms with Gasteiger partial charge in [-0.25, -0.2) is 4.79 Å². The van der Waals surface area contributed by atoms with Crippen molar-refractivity contribution in [1.29, 1.82) is 0 Å². The smallest absolute Gasteiger partial charge is 0.323 e. The maximum absolute atomic E-state index is 12.2. The summed E-state index contributed by atoms with van der Waals surface area (Å²) in [6, 6.07) is 15.8. The number of urea groups is 1. The van der Waals surface area contributed by atoms with Gasteiger partial charge >= 0.3 is 6.03 Å². The summed E-state index contributed by atoms with van der Waals surface area (Å²) in [5, 5.41) is 15.0. The molecule has 1 aliphatic rings. The van der Waals surface area contributed by atoms with E-state index in [0.717, 1.165) is 30.2 Å². The molecule has 0 atom stereocenters. The van der Waals surface area contributed by atoms with Crippen LogP contribution in [0.4, 0.5) is 22.0 Å². The number of carbonyl (C=O) groups is 1. The average Bonchev–Trinajstić information content (AvgIpc) is 2.77. The predicted octanol–water partition coefficient (Wildman–Crippen LogP) is 4.93. The summed E-state index contributed by atoms with van der Waals surface area (Å²) in [5.41, 5.74) is 2.87. The minimum atomic E-state index is -0.379. The van der Waals surface area contributed by atoms with Gasteiger partial charge in [0, 0.05) is 30.0 Å². The third-order valence-corrected chi connectivity index (χ3v) is 5.34. The summed E-state index contributed by atoms with van der Waals surface area (Å²) in [7, 11) is 0. The molecule has 0 spiro atoms. The summed E-state index contributed by atoms with van der Waals surface area (Å²) in [5.74, 6) is 0.847. The van der Waals surface area contributed by atoms with Crippen molar-refractivity contribution in [2.45, 2.75) is 0 Å². The summed E-state index contributed by atoms with van der Waals surface area (Å²) in [6.07, 6.45) is 0. The summed E-state index contributed by atoms with van der Waals surface area (Å²) in [6.45, 7) is 3.05. The minimum Gasteiger partial charge on any atom is -0.378 e. The second-order valence-electron chi connectivity index (χ2n) is 6.66. The fraction of sp³-hybridized carbons (Fsp3) is 0.190. The van der Waals surface area contributed by atoms with E-state index in [1.807, 2.05) is 24.3 Å². The number of aromatic nitrogens is 2. The van der Waals surface area contributed by atoms with Crippen LogP contribution in [0.25, 0.3) is 11.3 Å². The fourth-order valence-corrected chi connectivity index (χ4v) is 3.33. The van der Waals surface area contributed by atoms with Crippen molar-refractivity contribution in [3.05, 3.63) is 64.6 Å². The monoisotopic (exact) mass is 443 g/mol. The third-order valence-electron chi connectivity index (χ3n) is 4.60. The Morgan fingerprint density at radius 1 is 0.867 bits per heavy atom. The quantitative estimate of drug-likeness (QED) is 0.597. The van der Waals surface area contributed by atoms with Gasteiger partial charge in [0.05, 0.1) is 29.0 Å². The van der Waals surface area contributed by atoms with Gasteiger partial charge in [-0.15, -0.1) is 10.2 Å². The Bertz CT molecular complexity index is 1020. The van der Waals surface area contributed by atoms with Gasteiger partial charge in [0.1, 0.15) is 0 Å². The van der Waals surface area contributed by atoms with Gasteiger partial charge in [0.25, 0.3) is 0 Å². The Balaban J connectivity index is 1.37. The van der Waals surface area contributed by atoms with Gasteiger partial charge in [-0.05, 0) is 42.5 Å². The molecule has 0 radical (unpaired) electrons. The lowest BCUT2D eigenvalue weighted by Gasteiger charge is -2.27. The summed E-state index contributed by atoms with van der Waals surface area (Å²) < 4.78 is 5.36. The van der Waals surface area contributed by atoms with Crippen molar-refractivity contribution >= 4 is 46.4 Å². The lowest BCUT2D eigenvalue weighted by atomic mass is 10.1. The lowest BCUT2D eigenvalue weighted by Crippen LogP contribution is -2.36. The van der Waals surface area contributed by atoms with Gasteiger partial charge < -0.3 is 20.3 Å². The van der Waals surface area contributed by atoms with E-state index in [1.54, 1.807) is 30.3 Å². The molecule has 1 fully saturated rings. The molecule has 154 valence electrons. The molecule has 0 saturated carbocycles. The van der Waals surface area contributed by atoms with Gasteiger partial charge in [-0.2, -0.15) is 0 Å². The fourth-order valence-electron chi connectivity index (χ4n) is 3.03. The van der Waals surface area contributed by atoms with Crippen molar-refractivity contribution < 1.29 is 9.53 Å². The first-order chi connectivity index (χ1) is 14.6. The van der Waals surface area contributed by atoms with Crippen molar-refractivity contribution in [3.8, 4) is 11.3 Å². The molecule has 1 aromatic heterocycles. The maximum Gasteiger partial charge on any atom is 0.323 e. The molecule has 0 unspecified atom stereocenters. The molecule has 1 saturated heterocycles. The molecule has 3 aromatic rings. The molecule has 1 aliphatic heterocycles. The topological polar surface area (TPSA) is 79.4 Å². The van der Waals surface area contributed by atoms with Crippen LogP contribution in [0.2, 0.25) is 10.0 Å². The Labute approximate surface area is 184 Å². The number of ether oxygens (including phenoxy) is 1. The Kier molecular flexibility index (Phi) is 6.32. The molecule has 4 rings (SSSR count). The second-order valence-corrected chi connectivity index (χ2v) is 7.48. The van der Waals surface area contributed by atoms with Crippen LogP contribution in [0, 0.1) is 0 Å². The van der Waals surface area contributed by atoms with Gasteiger partial charge in [-0.3, -0.25) is 0 Å². The number of anilines is 3. The van der Waals surface area contributed by atoms with Crippen LogP contribution in [0.3, 0.4) is 0 Å². The molecule has 2 amide bonds. The molecule has 2 N–H and O–H groups in total. The number of rotatable bonds is 4. The number of nitrogens with zero attached hydrogens (tertiary/aromatic N) is 3. The van der Waals surface area contributed by atoms with E-state index < -0.39 is 0 Å². The molecular weight excluding hydrogens is 425 g/mol. The number of morpholine rings is 1. The SMILES string of the molecule is O=C(Nc1ccc(-c2ccc(N3CCOCC3)nn2)cc1)Nc1ccc(Cl)c(Cl)c1. The summed E-state index contributed by atoms with van der Waals surface area (Å²) in [4.78, 5) is 14.3. The first-order valence-corrected chi connectivity index (χ1v) is 10.1. The first kappa shape index (κ1) is 20.4. The van der Waals surface area contributed by atoms with Crippen molar-refractivity contribution in [3.63, 3.8) is 0 Å². The van der Waals surface area contributed by atoms with E-state index in [0.29, 0.717) is 34.6 Å². The number of nitrogens with one attached hydrogen (secondary N) is 2. The number of amides is 2. The zero-order valence-corrected chi connectivity index (χ0v) is 17.5. The van der Waals surface area contributed by atoms with Crippen molar-refractivity contribution in [1.82, 2.24) is 10.2 Å². The molecular formula is C21H19Cl2N5O2. The standard InChI is InChI=1S/C21H19Cl2N5O2/c22-17-6-5-16(13-18(17)23)25-21(29)24-15-3-1-14(2-4-15)19-7-8-20(27-26-19)28-9-11-30-12-10-28/h1-8,13H,9-12H2,(H2,24,25,29). The van der Waals surface area contributed by atoms with Crippen LogP contribution < -0.4 is 15.5 Å². The molecule has 9 heteroatoms. The van der Waals surface area contributed by atoms with Crippen LogP contribution >= 0.6 is 23.2 Å². The van der Waals surface area contributed by atoms with E-state index in [1.165, 1.54) is 0 Å². The highest BCUT2D eigenvalue weighted by Gasteiger charge is 2.13.